The van der Waals surface area contributed by atoms with Gasteiger partial charge in [0, 0.05) is 32.1 Å². The van der Waals surface area contributed by atoms with E-state index >= 15 is 0 Å². The molecule has 1 aromatic rings. The van der Waals surface area contributed by atoms with E-state index in [4.69, 9.17) is 0 Å². The minimum atomic E-state index is -0.369. The summed E-state index contributed by atoms with van der Waals surface area (Å²) >= 11 is 3.05. The smallest absolute Gasteiger partial charge is 0.261 e. The molecule has 4 nitrogen and oxygen atoms in total. The molecule has 0 unspecified atom stereocenters. The fourth-order valence-electron chi connectivity index (χ4n) is 1.77. The Morgan fingerprint density at radius 1 is 1.08 bits per heavy atom. The summed E-state index contributed by atoms with van der Waals surface area (Å²) in [5.74, 6) is 0.949. The monoisotopic (exact) mass is 364 g/mol. The Hall–Kier alpha value is -1.66. The first-order chi connectivity index (χ1) is 11.5. The SMILES string of the molecule is CCSC(SCC)=C(C(=O)/C=C/N(C)C)C(=O)Nc1ccccc1. The largest absolute Gasteiger partial charge is 0.383 e. The molecule has 1 N–H and O–H groups in total. The summed E-state index contributed by atoms with van der Waals surface area (Å²) < 4.78 is 0.766. The molecule has 0 spiro atoms. The zero-order valence-corrected chi connectivity index (χ0v) is 16.2. The van der Waals surface area contributed by atoms with Gasteiger partial charge in [0.05, 0.1) is 4.24 Å². The number of anilines is 1. The van der Waals surface area contributed by atoms with Crippen LogP contribution < -0.4 is 5.32 Å². The number of ketones is 1. The lowest BCUT2D eigenvalue weighted by molar-refractivity contribution is -0.117. The molecule has 130 valence electrons. The van der Waals surface area contributed by atoms with Gasteiger partial charge in [-0.2, -0.15) is 0 Å². The van der Waals surface area contributed by atoms with Crippen LogP contribution in [0.4, 0.5) is 5.69 Å². The average Bonchev–Trinajstić information content (AvgIpc) is 2.54. The van der Waals surface area contributed by atoms with E-state index < -0.39 is 0 Å². The summed E-state index contributed by atoms with van der Waals surface area (Å²) in [5.41, 5.74) is 0.877. The first-order valence-corrected chi connectivity index (χ1v) is 9.71. The Balaban J connectivity index is 3.17. The van der Waals surface area contributed by atoms with Crippen LogP contribution >= 0.6 is 23.5 Å². The van der Waals surface area contributed by atoms with Crippen molar-refractivity contribution in [2.45, 2.75) is 13.8 Å². The third-order valence-corrected chi connectivity index (χ3v) is 5.00. The number of amides is 1. The molecule has 0 aliphatic rings. The lowest BCUT2D eigenvalue weighted by Gasteiger charge is -2.12. The molecule has 0 radical (unpaired) electrons. The maximum Gasteiger partial charge on any atom is 0.261 e. The zero-order valence-electron chi connectivity index (χ0n) is 14.5. The Morgan fingerprint density at radius 3 is 2.17 bits per heavy atom. The molecule has 1 amide bonds. The van der Waals surface area contributed by atoms with Gasteiger partial charge in [-0.05, 0) is 23.6 Å². The number of para-hydroxylation sites is 1. The van der Waals surface area contributed by atoms with Crippen LogP contribution in [-0.2, 0) is 9.59 Å². The molecule has 0 saturated heterocycles. The molecule has 24 heavy (non-hydrogen) atoms. The predicted octanol–water partition coefficient (Wildman–Crippen LogP) is 3.99. The number of hydrogen-bond acceptors (Lipinski definition) is 5. The van der Waals surface area contributed by atoms with Crippen LogP contribution in [0.15, 0.2) is 52.4 Å². The van der Waals surface area contributed by atoms with Crippen LogP contribution in [0.3, 0.4) is 0 Å². The van der Waals surface area contributed by atoms with Crippen molar-refractivity contribution in [3.63, 3.8) is 0 Å². The molecule has 0 saturated carbocycles. The Kier molecular flexibility index (Phi) is 9.34. The molecule has 0 aliphatic heterocycles. The summed E-state index contributed by atoms with van der Waals surface area (Å²) in [5, 5.41) is 2.82. The summed E-state index contributed by atoms with van der Waals surface area (Å²) in [6, 6.07) is 9.16. The van der Waals surface area contributed by atoms with Crippen molar-refractivity contribution in [1.29, 1.82) is 0 Å². The number of carbonyl (C=O) groups is 2. The Bertz CT molecular complexity index is 603. The van der Waals surface area contributed by atoms with Gasteiger partial charge in [0.25, 0.3) is 5.91 Å². The van der Waals surface area contributed by atoms with Crippen LogP contribution in [-0.4, -0.2) is 42.2 Å². The number of nitrogens with zero attached hydrogens (tertiary/aromatic N) is 1. The van der Waals surface area contributed by atoms with Gasteiger partial charge in [0.15, 0.2) is 5.78 Å². The second kappa shape index (κ2) is 11.0. The zero-order chi connectivity index (χ0) is 17.9. The van der Waals surface area contributed by atoms with E-state index in [2.05, 4.69) is 5.32 Å². The van der Waals surface area contributed by atoms with Crippen molar-refractivity contribution in [3.05, 3.63) is 52.4 Å². The maximum atomic E-state index is 12.7. The van der Waals surface area contributed by atoms with Gasteiger partial charge in [-0.3, -0.25) is 9.59 Å². The van der Waals surface area contributed by atoms with Crippen LogP contribution in [0.2, 0.25) is 0 Å². The molecule has 0 aromatic heterocycles. The van der Waals surface area contributed by atoms with Crippen molar-refractivity contribution in [2.75, 3.05) is 30.9 Å². The molecule has 0 fully saturated rings. The third-order valence-electron chi connectivity index (χ3n) is 2.78. The molecule has 0 bridgehead atoms. The lowest BCUT2D eigenvalue weighted by atomic mass is 10.1. The minimum absolute atomic E-state index is 0.204. The van der Waals surface area contributed by atoms with Crippen LogP contribution in [0.5, 0.6) is 0 Å². The number of benzene rings is 1. The molecule has 0 atom stereocenters. The highest BCUT2D eigenvalue weighted by Gasteiger charge is 2.22. The van der Waals surface area contributed by atoms with E-state index in [0.29, 0.717) is 5.69 Å². The Morgan fingerprint density at radius 2 is 1.67 bits per heavy atom. The highest BCUT2D eigenvalue weighted by atomic mass is 32.2. The first kappa shape index (κ1) is 20.4. The van der Waals surface area contributed by atoms with Gasteiger partial charge in [-0.15, -0.1) is 23.5 Å². The van der Waals surface area contributed by atoms with E-state index in [9.17, 15) is 9.59 Å². The minimum Gasteiger partial charge on any atom is -0.383 e. The molecule has 0 aliphatic carbocycles. The van der Waals surface area contributed by atoms with Crippen LogP contribution in [0.25, 0.3) is 0 Å². The van der Waals surface area contributed by atoms with Crippen molar-refractivity contribution < 1.29 is 9.59 Å². The number of nitrogens with one attached hydrogen (secondary N) is 1. The van der Waals surface area contributed by atoms with Gasteiger partial charge in [0.1, 0.15) is 5.57 Å². The van der Waals surface area contributed by atoms with Crippen LogP contribution in [0.1, 0.15) is 13.8 Å². The normalized spacial score (nSPS) is 10.5. The van der Waals surface area contributed by atoms with E-state index in [-0.39, 0.29) is 17.3 Å². The van der Waals surface area contributed by atoms with Crippen LogP contribution in [0, 0.1) is 0 Å². The summed E-state index contributed by atoms with van der Waals surface area (Å²) in [6.45, 7) is 4.02. The van der Waals surface area contributed by atoms with E-state index in [1.165, 1.54) is 29.6 Å². The maximum absolute atomic E-state index is 12.7. The van der Waals surface area contributed by atoms with Gasteiger partial charge < -0.3 is 10.2 Å². The van der Waals surface area contributed by atoms with Gasteiger partial charge in [0.2, 0.25) is 0 Å². The second-order valence-corrected chi connectivity index (χ2v) is 7.80. The number of thioether (sulfide) groups is 2. The summed E-state index contributed by atoms with van der Waals surface area (Å²) in [7, 11) is 3.67. The third kappa shape index (κ3) is 6.84. The number of rotatable bonds is 9. The molecule has 6 heteroatoms. The number of hydrogen-bond donors (Lipinski definition) is 1. The Labute approximate surface area is 152 Å². The van der Waals surface area contributed by atoms with Gasteiger partial charge in [-0.25, -0.2) is 0 Å². The summed E-state index contributed by atoms with van der Waals surface area (Å²) in [4.78, 5) is 27.1. The predicted molar refractivity (Wildman–Crippen MR) is 106 cm³/mol. The second-order valence-electron chi connectivity index (χ2n) is 4.99. The highest BCUT2D eigenvalue weighted by Crippen LogP contribution is 2.32. The summed E-state index contributed by atoms with van der Waals surface area (Å²) in [6.07, 6.45) is 3.09. The highest BCUT2D eigenvalue weighted by molar-refractivity contribution is 8.22. The fourth-order valence-corrected chi connectivity index (χ4v) is 4.01. The first-order valence-electron chi connectivity index (χ1n) is 7.74. The molecular formula is C18H24N2O2S2. The topological polar surface area (TPSA) is 49.4 Å². The van der Waals surface area contributed by atoms with Crippen molar-refractivity contribution in [3.8, 4) is 0 Å². The van der Waals surface area contributed by atoms with Crippen molar-refractivity contribution in [2.24, 2.45) is 0 Å². The molecule has 1 rings (SSSR count). The molecule has 0 heterocycles. The van der Waals surface area contributed by atoms with Gasteiger partial charge in [-0.1, -0.05) is 32.0 Å². The van der Waals surface area contributed by atoms with E-state index in [1.54, 1.807) is 23.2 Å². The van der Waals surface area contributed by atoms with Crippen molar-refractivity contribution >= 4 is 40.9 Å². The number of carbonyl (C=O) groups excluding carboxylic acids is 2. The number of allylic oxidation sites excluding steroid dienone is 1. The van der Waals surface area contributed by atoms with E-state index in [1.807, 2.05) is 46.1 Å². The molecular weight excluding hydrogens is 340 g/mol. The quantitative estimate of drug-likeness (QED) is 0.408. The average molecular weight is 365 g/mol. The molecule has 1 aromatic carbocycles. The van der Waals surface area contributed by atoms with Crippen molar-refractivity contribution in [1.82, 2.24) is 4.90 Å². The standard InChI is InChI=1S/C18H24N2O2S2/c1-5-23-18(24-6-2)16(15(21)12-13-20(3)4)17(22)19-14-10-8-7-9-11-14/h7-13H,5-6H2,1-4H3,(H,19,22)/b13-12+. The lowest BCUT2D eigenvalue weighted by Crippen LogP contribution is -2.21. The van der Waals surface area contributed by atoms with Gasteiger partial charge >= 0.3 is 0 Å². The fraction of sp³-hybridized carbons (Fsp3) is 0.333. The van der Waals surface area contributed by atoms with E-state index in [0.717, 1.165) is 15.7 Å².